The Morgan fingerprint density at radius 3 is 2.71 bits per heavy atom. The number of pyridine rings is 1. The van der Waals surface area contributed by atoms with Crippen LogP contribution in [0.5, 0.6) is 0 Å². The summed E-state index contributed by atoms with van der Waals surface area (Å²) in [6.45, 7) is 0. The second-order valence-corrected chi connectivity index (χ2v) is 3.63. The maximum Gasteiger partial charge on any atom is 0.331 e. The van der Waals surface area contributed by atoms with Crippen molar-refractivity contribution in [2.45, 2.75) is 0 Å². The highest BCUT2D eigenvalue weighted by Crippen LogP contribution is 2.14. The Hall–Kier alpha value is -2.43. The molecule has 5 heteroatoms. The highest BCUT2D eigenvalue weighted by atomic mass is 19.1. The van der Waals surface area contributed by atoms with Crippen molar-refractivity contribution in [3.63, 3.8) is 0 Å². The number of aromatic amines is 1. The number of nitrogens with zero attached hydrogens (tertiary/aromatic N) is 2. The zero-order valence-corrected chi connectivity index (χ0v) is 8.72. The average molecular weight is 229 g/mol. The van der Waals surface area contributed by atoms with Gasteiger partial charge in [-0.1, -0.05) is 0 Å². The minimum absolute atomic E-state index is 0.264. The van der Waals surface area contributed by atoms with E-state index in [-0.39, 0.29) is 11.5 Å². The van der Waals surface area contributed by atoms with Crippen molar-refractivity contribution in [2.75, 3.05) is 0 Å². The van der Waals surface area contributed by atoms with Gasteiger partial charge in [0, 0.05) is 6.20 Å². The minimum atomic E-state index is -0.330. The number of fused-ring (bicyclic) bond motifs is 1. The Kier molecular flexibility index (Phi) is 2.04. The fraction of sp³-hybridized carbons (Fsp3) is 0. The van der Waals surface area contributed by atoms with Gasteiger partial charge in [-0.3, -0.25) is 9.55 Å². The van der Waals surface area contributed by atoms with E-state index in [9.17, 15) is 9.18 Å². The van der Waals surface area contributed by atoms with Crippen LogP contribution in [0, 0.1) is 5.82 Å². The van der Waals surface area contributed by atoms with Crippen LogP contribution in [0.4, 0.5) is 4.39 Å². The first-order valence-corrected chi connectivity index (χ1v) is 5.06. The number of aromatic nitrogens is 3. The van der Waals surface area contributed by atoms with Crippen LogP contribution in [0.3, 0.4) is 0 Å². The van der Waals surface area contributed by atoms with Crippen LogP contribution in [0.25, 0.3) is 16.7 Å². The van der Waals surface area contributed by atoms with Crippen molar-refractivity contribution >= 4 is 11.0 Å². The van der Waals surface area contributed by atoms with Crippen LogP contribution in [-0.2, 0) is 0 Å². The van der Waals surface area contributed by atoms with Gasteiger partial charge < -0.3 is 4.98 Å². The molecule has 0 spiro atoms. The molecular weight excluding hydrogens is 221 g/mol. The highest BCUT2D eigenvalue weighted by Gasteiger charge is 2.07. The Bertz CT molecular complexity index is 727. The molecule has 0 aliphatic rings. The van der Waals surface area contributed by atoms with Crippen molar-refractivity contribution in [1.82, 2.24) is 14.5 Å². The largest absolute Gasteiger partial charge is 0.331 e. The smallest absolute Gasteiger partial charge is 0.304 e. The fourth-order valence-corrected chi connectivity index (χ4v) is 1.81. The molecule has 17 heavy (non-hydrogen) atoms. The summed E-state index contributed by atoms with van der Waals surface area (Å²) in [4.78, 5) is 18.4. The van der Waals surface area contributed by atoms with E-state index in [1.54, 1.807) is 30.6 Å². The normalized spacial score (nSPS) is 10.9. The summed E-state index contributed by atoms with van der Waals surface area (Å²) >= 11 is 0. The Balaban J connectivity index is 2.33. The summed E-state index contributed by atoms with van der Waals surface area (Å²) in [6, 6.07) is 7.50. The van der Waals surface area contributed by atoms with E-state index in [4.69, 9.17) is 0 Å². The lowest BCUT2D eigenvalue weighted by atomic mass is 10.3. The van der Waals surface area contributed by atoms with Crippen LogP contribution in [0.1, 0.15) is 0 Å². The van der Waals surface area contributed by atoms with Gasteiger partial charge in [0.25, 0.3) is 0 Å². The van der Waals surface area contributed by atoms with E-state index in [1.165, 1.54) is 16.7 Å². The molecule has 0 unspecified atom stereocenters. The average Bonchev–Trinajstić information content (AvgIpc) is 2.66. The third-order valence-corrected chi connectivity index (χ3v) is 2.57. The van der Waals surface area contributed by atoms with Crippen LogP contribution in [0.2, 0.25) is 0 Å². The molecule has 2 aromatic heterocycles. The lowest BCUT2D eigenvalue weighted by Crippen LogP contribution is -2.14. The Labute approximate surface area is 95.4 Å². The van der Waals surface area contributed by atoms with E-state index in [2.05, 4.69) is 9.97 Å². The van der Waals surface area contributed by atoms with Gasteiger partial charge in [-0.25, -0.2) is 9.18 Å². The first kappa shape index (κ1) is 9.77. The Morgan fingerprint density at radius 1 is 1.18 bits per heavy atom. The zero-order valence-electron chi connectivity index (χ0n) is 8.72. The summed E-state index contributed by atoms with van der Waals surface area (Å²) in [6.07, 6.45) is 3.19. The molecule has 4 nitrogen and oxygen atoms in total. The number of nitrogens with one attached hydrogen (secondary N) is 1. The molecule has 0 aliphatic carbocycles. The van der Waals surface area contributed by atoms with E-state index in [0.717, 1.165) is 5.52 Å². The van der Waals surface area contributed by atoms with Gasteiger partial charge >= 0.3 is 5.69 Å². The minimum Gasteiger partial charge on any atom is -0.304 e. The molecule has 0 amide bonds. The molecule has 0 radical (unpaired) electrons. The zero-order chi connectivity index (χ0) is 11.8. The number of hydrogen-bond donors (Lipinski definition) is 1. The SMILES string of the molecule is O=c1[nH]c2cnccc2n1-c1ccc(F)cc1. The first-order valence-electron chi connectivity index (χ1n) is 5.06. The van der Waals surface area contributed by atoms with Gasteiger partial charge in [0.15, 0.2) is 0 Å². The molecule has 3 aromatic rings. The summed E-state index contributed by atoms with van der Waals surface area (Å²) in [7, 11) is 0. The fourth-order valence-electron chi connectivity index (χ4n) is 1.81. The molecule has 2 heterocycles. The van der Waals surface area contributed by atoms with Crippen molar-refractivity contribution in [3.8, 4) is 5.69 Å². The van der Waals surface area contributed by atoms with E-state index >= 15 is 0 Å². The van der Waals surface area contributed by atoms with Crippen LogP contribution in [-0.4, -0.2) is 14.5 Å². The molecule has 0 atom stereocenters. The second-order valence-electron chi connectivity index (χ2n) is 3.63. The van der Waals surface area contributed by atoms with E-state index in [0.29, 0.717) is 11.2 Å². The molecule has 0 fully saturated rings. The number of imidazole rings is 1. The topological polar surface area (TPSA) is 50.7 Å². The molecule has 0 bridgehead atoms. The van der Waals surface area contributed by atoms with Gasteiger partial charge in [0.2, 0.25) is 0 Å². The maximum absolute atomic E-state index is 12.8. The monoisotopic (exact) mass is 229 g/mol. The maximum atomic E-state index is 12.8. The van der Waals surface area contributed by atoms with Crippen molar-refractivity contribution < 1.29 is 4.39 Å². The predicted octanol–water partition coefficient (Wildman–Crippen LogP) is 1.85. The van der Waals surface area contributed by atoms with E-state index in [1.807, 2.05) is 0 Å². The molecule has 0 saturated carbocycles. The van der Waals surface area contributed by atoms with Crippen LogP contribution >= 0.6 is 0 Å². The molecule has 3 rings (SSSR count). The summed E-state index contributed by atoms with van der Waals surface area (Å²) in [5, 5.41) is 0. The van der Waals surface area contributed by atoms with Gasteiger partial charge in [-0.15, -0.1) is 0 Å². The summed E-state index contributed by atoms with van der Waals surface area (Å²) < 4.78 is 14.3. The Morgan fingerprint density at radius 2 is 1.94 bits per heavy atom. The van der Waals surface area contributed by atoms with Crippen LogP contribution in [0.15, 0.2) is 47.5 Å². The second kappa shape index (κ2) is 3.55. The van der Waals surface area contributed by atoms with E-state index < -0.39 is 0 Å². The van der Waals surface area contributed by atoms with Crippen molar-refractivity contribution in [1.29, 1.82) is 0 Å². The molecule has 0 aliphatic heterocycles. The predicted molar refractivity (Wildman–Crippen MR) is 61.6 cm³/mol. The standard InChI is InChI=1S/C12H8FN3O/c13-8-1-3-9(4-2-8)16-11-5-6-14-7-10(11)15-12(16)17/h1-7H,(H,15,17). The number of rotatable bonds is 1. The van der Waals surface area contributed by atoms with Crippen LogP contribution < -0.4 is 5.69 Å². The molecular formula is C12H8FN3O. The quantitative estimate of drug-likeness (QED) is 0.692. The molecule has 1 N–H and O–H groups in total. The molecule has 84 valence electrons. The van der Waals surface area contributed by atoms with Gasteiger partial charge in [0.1, 0.15) is 5.82 Å². The number of halogens is 1. The van der Waals surface area contributed by atoms with Gasteiger partial charge in [0.05, 0.1) is 22.9 Å². The molecule has 1 aromatic carbocycles. The first-order chi connectivity index (χ1) is 8.25. The van der Waals surface area contributed by atoms with Crippen molar-refractivity contribution in [3.05, 3.63) is 59.0 Å². The lowest BCUT2D eigenvalue weighted by Gasteiger charge is -2.02. The number of hydrogen-bond acceptors (Lipinski definition) is 2. The van der Waals surface area contributed by atoms with Gasteiger partial charge in [-0.2, -0.15) is 0 Å². The molecule has 0 saturated heterocycles. The summed E-state index contributed by atoms with van der Waals surface area (Å²) in [5.41, 5.74) is 1.73. The third-order valence-electron chi connectivity index (χ3n) is 2.57. The lowest BCUT2D eigenvalue weighted by molar-refractivity contribution is 0.627. The number of benzene rings is 1. The number of H-pyrrole nitrogens is 1. The highest BCUT2D eigenvalue weighted by molar-refractivity contribution is 5.75. The third kappa shape index (κ3) is 1.52. The van der Waals surface area contributed by atoms with Crippen molar-refractivity contribution in [2.24, 2.45) is 0 Å². The summed E-state index contributed by atoms with van der Waals surface area (Å²) in [5.74, 6) is -0.330. The van der Waals surface area contributed by atoms with Gasteiger partial charge in [-0.05, 0) is 30.3 Å².